The molecule has 0 aromatic heterocycles. The number of nitrogens with zero attached hydrogens (tertiary/aromatic N) is 2. The average molecular weight is 374 g/mol. The minimum absolute atomic E-state index is 0.0884. The van der Waals surface area contributed by atoms with Crippen LogP contribution in [0, 0.1) is 0 Å². The summed E-state index contributed by atoms with van der Waals surface area (Å²) in [5, 5.41) is 3.75. The maximum absolute atomic E-state index is 12.6. The highest BCUT2D eigenvalue weighted by molar-refractivity contribution is 6.31. The Morgan fingerprint density at radius 1 is 1.08 bits per heavy atom. The van der Waals surface area contributed by atoms with Gasteiger partial charge in [-0.2, -0.15) is 0 Å². The number of para-hydroxylation sites is 2. The first-order chi connectivity index (χ1) is 12.7. The molecule has 5 nitrogen and oxygen atoms in total. The molecule has 0 atom stereocenters. The number of anilines is 1. The summed E-state index contributed by atoms with van der Waals surface area (Å²) in [6.45, 7) is 6.32. The zero-order chi connectivity index (χ0) is 18.4. The van der Waals surface area contributed by atoms with Crippen molar-refractivity contribution in [2.45, 2.75) is 13.5 Å². The molecule has 138 valence electrons. The van der Waals surface area contributed by atoms with Gasteiger partial charge in [-0.25, -0.2) is 4.79 Å². The second kappa shape index (κ2) is 8.92. The normalized spacial score (nSPS) is 14.9. The van der Waals surface area contributed by atoms with Crippen molar-refractivity contribution in [3.8, 4) is 5.75 Å². The minimum Gasteiger partial charge on any atom is -0.492 e. The summed E-state index contributed by atoms with van der Waals surface area (Å²) in [5.41, 5.74) is 1.83. The van der Waals surface area contributed by atoms with Gasteiger partial charge >= 0.3 is 6.03 Å². The van der Waals surface area contributed by atoms with Gasteiger partial charge in [-0.15, -0.1) is 0 Å². The van der Waals surface area contributed by atoms with E-state index in [9.17, 15) is 4.79 Å². The fourth-order valence-corrected chi connectivity index (χ4v) is 3.22. The number of nitrogens with one attached hydrogen (secondary N) is 1. The fraction of sp³-hybridized carbons (Fsp3) is 0.350. The molecule has 0 saturated carbocycles. The SMILES string of the molecule is CCOc1ccccc1NC(=O)N1CCN(Cc2ccccc2Cl)CC1. The molecule has 1 fully saturated rings. The zero-order valence-corrected chi connectivity index (χ0v) is 15.7. The maximum Gasteiger partial charge on any atom is 0.322 e. The van der Waals surface area contributed by atoms with Crippen molar-refractivity contribution in [2.24, 2.45) is 0 Å². The molecule has 1 heterocycles. The van der Waals surface area contributed by atoms with Gasteiger partial charge in [0.15, 0.2) is 0 Å². The van der Waals surface area contributed by atoms with Crippen LogP contribution in [-0.4, -0.2) is 48.6 Å². The third-order valence-corrected chi connectivity index (χ3v) is 4.81. The van der Waals surface area contributed by atoms with E-state index < -0.39 is 0 Å². The summed E-state index contributed by atoms with van der Waals surface area (Å²) in [7, 11) is 0. The molecule has 1 saturated heterocycles. The zero-order valence-electron chi connectivity index (χ0n) is 15.0. The Morgan fingerprint density at radius 2 is 1.77 bits per heavy atom. The molecule has 0 spiro atoms. The Bertz CT molecular complexity index is 745. The number of hydrogen-bond acceptors (Lipinski definition) is 3. The highest BCUT2D eigenvalue weighted by Gasteiger charge is 2.22. The largest absolute Gasteiger partial charge is 0.492 e. The molecule has 3 rings (SSSR count). The van der Waals surface area contributed by atoms with Gasteiger partial charge in [-0.1, -0.05) is 41.9 Å². The van der Waals surface area contributed by atoms with Crippen LogP contribution >= 0.6 is 11.6 Å². The summed E-state index contributed by atoms with van der Waals surface area (Å²) >= 11 is 6.24. The summed E-state index contributed by atoms with van der Waals surface area (Å²) in [6.07, 6.45) is 0. The van der Waals surface area contributed by atoms with Crippen LogP contribution in [0.4, 0.5) is 10.5 Å². The first kappa shape index (κ1) is 18.5. The van der Waals surface area contributed by atoms with Crippen molar-refractivity contribution in [3.63, 3.8) is 0 Å². The molecule has 1 aliphatic heterocycles. The molecule has 2 aromatic rings. The fourth-order valence-electron chi connectivity index (χ4n) is 3.02. The van der Waals surface area contributed by atoms with Crippen molar-refractivity contribution in [3.05, 3.63) is 59.1 Å². The number of amides is 2. The van der Waals surface area contributed by atoms with Gasteiger partial charge in [0.05, 0.1) is 12.3 Å². The van der Waals surface area contributed by atoms with E-state index in [-0.39, 0.29) is 6.03 Å². The third-order valence-electron chi connectivity index (χ3n) is 4.44. The minimum atomic E-state index is -0.0884. The van der Waals surface area contributed by atoms with Gasteiger partial charge in [-0.3, -0.25) is 4.90 Å². The summed E-state index contributed by atoms with van der Waals surface area (Å²) in [4.78, 5) is 16.7. The van der Waals surface area contributed by atoms with Gasteiger partial charge in [0.25, 0.3) is 0 Å². The number of rotatable bonds is 5. The number of ether oxygens (including phenoxy) is 1. The van der Waals surface area contributed by atoms with E-state index in [4.69, 9.17) is 16.3 Å². The van der Waals surface area contributed by atoms with Crippen LogP contribution in [0.3, 0.4) is 0 Å². The molecular weight excluding hydrogens is 350 g/mol. The van der Waals surface area contributed by atoms with Gasteiger partial charge in [0, 0.05) is 37.7 Å². The summed E-state index contributed by atoms with van der Waals surface area (Å²) in [5.74, 6) is 0.695. The molecule has 0 radical (unpaired) electrons. The average Bonchev–Trinajstić information content (AvgIpc) is 2.66. The molecule has 0 unspecified atom stereocenters. The smallest absolute Gasteiger partial charge is 0.322 e. The maximum atomic E-state index is 12.6. The highest BCUT2D eigenvalue weighted by atomic mass is 35.5. The first-order valence-electron chi connectivity index (χ1n) is 8.91. The van der Waals surface area contributed by atoms with E-state index in [1.165, 1.54) is 0 Å². The predicted octanol–water partition coefficient (Wildman–Crippen LogP) is 4.09. The van der Waals surface area contributed by atoms with Crippen molar-refractivity contribution in [2.75, 3.05) is 38.1 Å². The van der Waals surface area contributed by atoms with Gasteiger partial charge in [0.1, 0.15) is 5.75 Å². The number of carbonyl (C=O) groups excluding carboxylic acids is 1. The molecule has 1 N–H and O–H groups in total. The topological polar surface area (TPSA) is 44.8 Å². The lowest BCUT2D eigenvalue weighted by Crippen LogP contribution is -2.49. The first-order valence-corrected chi connectivity index (χ1v) is 9.28. The number of hydrogen-bond donors (Lipinski definition) is 1. The number of carbonyl (C=O) groups is 1. The van der Waals surface area contributed by atoms with Crippen LogP contribution in [0.5, 0.6) is 5.75 Å². The van der Waals surface area contributed by atoms with Crippen molar-refractivity contribution < 1.29 is 9.53 Å². The van der Waals surface area contributed by atoms with Crippen LogP contribution in [0.1, 0.15) is 12.5 Å². The quantitative estimate of drug-likeness (QED) is 0.858. The molecule has 26 heavy (non-hydrogen) atoms. The van der Waals surface area contributed by atoms with Gasteiger partial charge < -0.3 is 15.0 Å². The number of halogens is 1. The monoisotopic (exact) mass is 373 g/mol. The standard InChI is InChI=1S/C20H24ClN3O2/c1-2-26-19-10-6-5-9-18(19)22-20(25)24-13-11-23(12-14-24)15-16-7-3-4-8-17(16)21/h3-10H,2,11-15H2,1H3,(H,22,25). The number of urea groups is 1. The van der Waals surface area contributed by atoms with Crippen molar-refractivity contribution >= 4 is 23.3 Å². The van der Waals surface area contributed by atoms with Crippen LogP contribution in [0.25, 0.3) is 0 Å². The van der Waals surface area contributed by atoms with Crippen molar-refractivity contribution in [1.29, 1.82) is 0 Å². The lowest BCUT2D eigenvalue weighted by atomic mass is 10.2. The van der Waals surface area contributed by atoms with Crippen molar-refractivity contribution in [1.82, 2.24) is 9.80 Å². The van der Waals surface area contributed by atoms with E-state index >= 15 is 0 Å². The molecule has 2 amide bonds. The molecule has 0 bridgehead atoms. The Kier molecular flexibility index (Phi) is 6.36. The molecule has 0 aliphatic carbocycles. The van der Waals surface area contributed by atoms with Crippen LogP contribution in [0.2, 0.25) is 5.02 Å². The van der Waals surface area contributed by atoms with Crippen LogP contribution < -0.4 is 10.1 Å². The molecule has 6 heteroatoms. The lowest BCUT2D eigenvalue weighted by Gasteiger charge is -2.34. The van der Waals surface area contributed by atoms with E-state index in [0.29, 0.717) is 31.1 Å². The molecule has 1 aliphatic rings. The lowest BCUT2D eigenvalue weighted by molar-refractivity contribution is 0.143. The number of benzene rings is 2. The predicted molar refractivity (Wildman–Crippen MR) is 105 cm³/mol. The summed E-state index contributed by atoms with van der Waals surface area (Å²) in [6, 6.07) is 15.3. The van der Waals surface area contributed by atoms with Crippen LogP contribution in [0.15, 0.2) is 48.5 Å². The Morgan fingerprint density at radius 3 is 2.50 bits per heavy atom. The van der Waals surface area contributed by atoms with Gasteiger partial charge in [-0.05, 0) is 30.7 Å². The Balaban J connectivity index is 1.53. The summed E-state index contributed by atoms with van der Waals surface area (Å²) < 4.78 is 5.57. The molecular formula is C20H24ClN3O2. The molecule has 2 aromatic carbocycles. The highest BCUT2D eigenvalue weighted by Crippen LogP contribution is 2.24. The van der Waals surface area contributed by atoms with E-state index in [1.807, 2.05) is 60.4 Å². The van der Waals surface area contributed by atoms with E-state index in [1.54, 1.807) is 0 Å². The Labute approximate surface area is 159 Å². The Hall–Kier alpha value is -2.24. The third kappa shape index (κ3) is 4.68. The number of piperazine rings is 1. The van der Waals surface area contributed by atoms with E-state index in [0.717, 1.165) is 30.2 Å². The van der Waals surface area contributed by atoms with Gasteiger partial charge in [0.2, 0.25) is 0 Å². The second-order valence-corrected chi connectivity index (χ2v) is 6.62. The van der Waals surface area contributed by atoms with E-state index in [2.05, 4.69) is 10.2 Å². The van der Waals surface area contributed by atoms with Crippen LogP contribution in [-0.2, 0) is 6.54 Å². The second-order valence-electron chi connectivity index (χ2n) is 6.21.